The van der Waals surface area contributed by atoms with Gasteiger partial charge in [-0.3, -0.25) is 9.78 Å². The molecule has 0 saturated heterocycles. The van der Waals surface area contributed by atoms with Gasteiger partial charge in [-0.15, -0.1) is 5.10 Å². The number of fused-ring (bicyclic) bond motifs is 2. The van der Waals surface area contributed by atoms with Crippen molar-refractivity contribution in [2.24, 2.45) is 0 Å². The molecule has 0 aliphatic rings. The average molecular weight is 374 g/mol. The predicted molar refractivity (Wildman–Crippen MR) is 105 cm³/mol. The minimum Gasteiger partial charge on any atom is -0.439 e. The molecule has 140 valence electrons. The first kappa shape index (κ1) is 17.8. The van der Waals surface area contributed by atoms with Crippen molar-refractivity contribution in [1.29, 1.82) is 0 Å². The summed E-state index contributed by atoms with van der Waals surface area (Å²) >= 11 is 0. The SMILES string of the molecule is CCc1nc2ccccc2c(C(=O)OCn2nnc3ccccc3c2=O)c1C. The fourth-order valence-electron chi connectivity index (χ4n) is 3.27. The van der Waals surface area contributed by atoms with Gasteiger partial charge in [0.2, 0.25) is 0 Å². The van der Waals surface area contributed by atoms with Crippen LogP contribution in [0.5, 0.6) is 0 Å². The third kappa shape index (κ3) is 3.00. The molecule has 0 unspecified atom stereocenters. The van der Waals surface area contributed by atoms with Gasteiger partial charge in [0.15, 0.2) is 6.73 Å². The lowest BCUT2D eigenvalue weighted by atomic mass is 10.0. The third-order valence-corrected chi connectivity index (χ3v) is 4.72. The summed E-state index contributed by atoms with van der Waals surface area (Å²) in [5, 5.41) is 9.00. The Morgan fingerprint density at radius 1 is 1.04 bits per heavy atom. The van der Waals surface area contributed by atoms with Crippen LogP contribution >= 0.6 is 0 Å². The molecule has 0 atom stereocenters. The van der Waals surface area contributed by atoms with Crippen molar-refractivity contribution in [2.45, 2.75) is 27.0 Å². The number of pyridine rings is 1. The van der Waals surface area contributed by atoms with Gasteiger partial charge >= 0.3 is 5.97 Å². The monoisotopic (exact) mass is 374 g/mol. The summed E-state index contributed by atoms with van der Waals surface area (Å²) in [6, 6.07) is 14.3. The fourth-order valence-corrected chi connectivity index (χ4v) is 3.27. The van der Waals surface area contributed by atoms with Crippen molar-refractivity contribution >= 4 is 27.8 Å². The highest BCUT2D eigenvalue weighted by Crippen LogP contribution is 2.24. The summed E-state index contributed by atoms with van der Waals surface area (Å²) in [7, 11) is 0. The number of carbonyl (C=O) groups excluding carboxylic acids is 1. The number of carbonyl (C=O) groups is 1. The number of benzene rings is 2. The second-order valence-corrected chi connectivity index (χ2v) is 6.40. The van der Waals surface area contributed by atoms with Crippen molar-refractivity contribution < 1.29 is 9.53 Å². The molecule has 0 spiro atoms. The lowest BCUT2D eigenvalue weighted by Crippen LogP contribution is -2.26. The standard InChI is InChI=1S/C21H18N4O3/c1-3-16-13(2)19(14-8-4-6-10-17(14)22-16)21(27)28-12-25-20(26)15-9-5-7-11-18(15)23-24-25/h4-11H,3,12H2,1-2H3. The lowest BCUT2D eigenvalue weighted by Gasteiger charge is -2.13. The number of nitrogens with zero attached hydrogens (tertiary/aromatic N) is 4. The molecule has 4 rings (SSSR count). The number of esters is 1. The lowest BCUT2D eigenvalue weighted by molar-refractivity contribution is 0.0337. The van der Waals surface area contributed by atoms with E-state index in [1.807, 2.05) is 38.1 Å². The van der Waals surface area contributed by atoms with Crippen LogP contribution in [0.25, 0.3) is 21.8 Å². The second kappa shape index (κ2) is 7.19. The molecule has 0 bridgehead atoms. The van der Waals surface area contributed by atoms with E-state index in [0.29, 0.717) is 22.9 Å². The van der Waals surface area contributed by atoms with Crippen LogP contribution < -0.4 is 5.56 Å². The Kier molecular flexibility index (Phi) is 4.57. The van der Waals surface area contributed by atoms with Crippen LogP contribution in [-0.4, -0.2) is 25.9 Å². The highest BCUT2D eigenvalue weighted by atomic mass is 16.5. The maximum atomic E-state index is 12.9. The van der Waals surface area contributed by atoms with Gasteiger partial charge in [0.25, 0.3) is 5.56 Å². The van der Waals surface area contributed by atoms with Crippen LogP contribution in [0, 0.1) is 6.92 Å². The van der Waals surface area contributed by atoms with Crippen LogP contribution in [0.3, 0.4) is 0 Å². The average Bonchev–Trinajstić information content (AvgIpc) is 2.73. The van der Waals surface area contributed by atoms with Gasteiger partial charge in [-0.25, -0.2) is 4.79 Å². The van der Waals surface area contributed by atoms with Gasteiger partial charge in [-0.05, 0) is 37.1 Å². The largest absolute Gasteiger partial charge is 0.439 e. The van der Waals surface area contributed by atoms with Crippen molar-refractivity contribution in [1.82, 2.24) is 20.0 Å². The number of hydrogen-bond donors (Lipinski definition) is 0. The predicted octanol–water partition coefficient (Wildman–Crippen LogP) is 3.03. The smallest absolute Gasteiger partial charge is 0.340 e. The Hall–Kier alpha value is -3.61. The van der Waals surface area contributed by atoms with E-state index in [0.717, 1.165) is 26.8 Å². The summed E-state index contributed by atoms with van der Waals surface area (Å²) < 4.78 is 6.47. The highest BCUT2D eigenvalue weighted by Gasteiger charge is 2.19. The Morgan fingerprint density at radius 2 is 1.71 bits per heavy atom. The molecule has 0 radical (unpaired) electrons. The van der Waals surface area contributed by atoms with Crippen molar-refractivity contribution in [3.05, 3.63) is 75.7 Å². The molecule has 0 amide bonds. The Morgan fingerprint density at radius 3 is 2.46 bits per heavy atom. The summed E-state index contributed by atoms with van der Waals surface area (Å²) in [5.74, 6) is -0.521. The Balaban J connectivity index is 1.69. The first-order chi connectivity index (χ1) is 13.6. The van der Waals surface area contributed by atoms with Gasteiger partial charge in [0.05, 0.1) is 16.5 Å². The molecule has 0 fully saturated rings. The van der Waals surface area contributed by atoms with Crippen LogP contribution in [0.4, 0.5) is 0 Å². The molecule has 2 aromatic carbocycles. The molecule has 2 heterocycles. The van der Waals surface area contributed by atoms with Crippen LogP contribution in [0.2, 0.25) is 0 Å². The van der Waals surface area contributed by atoms with Crippen LogP contribution in [-0.2, 0) is 17.9 Å². The number of ether oxygens (including phenoxy) is 1. The maximum Gasteiger partial charge on any atom is 0.340 e. The Labute approximate surface area is 160 Å². The summed E-state index contributed by atoms with van der Waals surface area (Å²) in [4.78, 5) is 30.0. The number of aromatic nitrogens is 4. The summed E-state index contributed by atoms with van der Waals surface area (Å²) in [5.41, 5.74) is 2.96. The maximum absolute atomic E-state index is 12.9. The first-order valence-electron chi connectivity index (χ1n) is 8.98. The number of para-hydroxylation sites is 1. The third-order valence-electron chi connectivity index (χ3n) is 4.72. The normalized spacial score (nSPS) is 11.1. The van der Waals surface area contributed by atoms with Gasteiger partial charge in [-0.2, -0.15) is 4.68 Å². The van der Waals surface area contributed by atoms with E-state index in [-0.39, 0.29) is 12.3 Å². The van der Waals surface area contributed by atoms with Gasteiger partial charge in [-0.1, -0.05) is 42.5 Å². The second-order valence-electron chi connectivity index (χ2n) is 6.40. The minimum atomic E-state index is -0.521. The van der Waals surface area contributed by atoms with E-state index in [2.05, 4.69) is 15.3 Å². The summed E-state index contributed by atoms with van der Waals surface area (Å²) in [6.45, 7) is 3.54. The first-order valence-corrected chi connectivity index (χ1v) is 8.98. The number of aryl methyl sites for hydroxylation is 1. The molecular formula is C21H18N4O3. The topological polar surface area (TPSA) is 87.0 Å². The van der Waals surface area contributed by atoms with Crippen molar-refractivity contribution in [3.8, 4) is 0 Å². The molecule has 0 saturated carbocycles. The number of hydrogen-bond acceptors (Lipinski definition) is 6. The van der Waals surface area contributed by atoms with E-state index in [4.69, 9.17) is 4.74 Å². The van der Waals surface area contributed by atoms with E-state index in [1.54, 1.807) is 24.3 Å². The Bertz CT molecular complexity index is 1260. The molecule has 0 aliphatic carbocycles. The van der Waals surface area contributed by atoms with Crippen molar-refractivity contribution in [3.63, 3.8) is 0 Å². The quantitative estimate of drug-likeness (QED) is 0.510. The zero-order valence-corrected chi connectivity index (χ0v) is 15.5. The minimum absolute atomic E-state index is 0.312. The highest BCUT2D eigenvalue weighted by molar-refractivity contribution is 6.04. The molecule has 7 nitrogen and oxygen atoms in total. The molecule has 2 aromatic heterocycles. The fraction of sp³-hybridized carbons (Fsp3) is 0.190. The van der Waals surface area contributed by atoms with Crippen LogP contribution in [0.1, 0.15) is 28.5 Å². The zero-order valence-electron chi connectivity index (χ0n) is 15.5. The number of rotatable bonds is 4. The molecule has 28 heavy (non-hydrogen) atoms. The van der Waals surface area contributed by atoms with E-state index < -0.39 is 5.97 Å². The van der Waals surface area contributed by atoms with E-state index in [9.17, 15) is 9.59 Å². The van der Waals surface area contributed by atoms with Crippen LogP contribution in [0.15, 0.2) is 53.3 Å². The van der Waals surface area contributed by atoms with Gasteiger partial charge < -0.3 is 4.74 Å². The zero-order chi connectivity index (χ0) is 19.7. The van der Waals surface area contributed by atoms with Gasteiger partial charge in [0, 0.05) is 11.1 Å². The van der Waals surface area contributed by atoms with E-state index in [1.165, 1.54) is 0 Å². The summed E-state index contributed by atoms with van der Waals surface area (Å²) in [6.07, 6.45) is 0.701. The van der Waals surface area contributed by atoms with Crippen molar-refractivity contribution in [2.75, 3.05) is 0 Å². The molecule has 7 heteroatoms. The molecule has 0 aliphatic heterocycles. The van der Waals surface area contributed by atoms with Gasteiger partial charge in [0.1, 0.15) is 5.52 Å². The molecular weight excluding hydrogens is 356 g/mol. The van der Waals surface area contributed by atoms with E-state index >= 15 is 0 Å². The molecule has 4 aromatic rings. The molecule has 0 N–H and O–H groups in total.